The summed E-state index contributed by atoms with van der Waals surface area (Å²) >= 11 is 0. The topological polar surface area (TPSA) is 25.8 Å². The van der Waals surface area contributed by atoms with Gasteiger partial charge in [0.15, 0.2) is 0 Å². The Morgan fingerprint density at radius 3 is 2.57 bits per heavy atom. The van der Waals surface area contributed by atoms with Crippen LogP contribution in [0.5, 0.6) is 0 Å². The van der Waals surface area contributed by atoms with Crippen molar-refractivity contribution in [1.82, 2.24) is 10.2 Å². The molecule has 0 aliphatic heterocycles. The van der Waals surface area contributed by atoms with Crippen LogP contribution in [0.25, 0.3) is 0 Å². The third kappa shape index (κ3) is 0.997. The summed E-state index contributed by atoms with van der Waals surface area (Å²) in [6.07, 6.45) is 3.05. The lowest BCUT2D eigenvalue weighted by Crippen LogP contribution is -2.01. The van der Waals surface area contributed by atoms with Gasteiger partial charge in [-0.3, -0.25) is 0 Å². The van der Waals surface area contributed by atoms with E-state index < -0.39 is 0 Å². The van der Waals surface area contributed by atoms with Gasteiger partial charge in [0, 0.05) is 12.4 Å². The van der Waals surface area contributed by atoms with E-state index in [0.717, 1.165) is 0 Å². The molecule has 0 saturated heterocycles. The van der Waals surface area contributed by atoms with E-state index in [-0.39, 0.29) is 0 Å². The Morgan fingerprint density at radius 2 is 2.29 bits per heavy atom. The van der Waals surface area contributed by atoms with Gasteiger partial charge >= 0.3 is 0 Å². The van der Waals surface area contributed by atoms with Crippen molar-refractivity contribution in [2.45, 2.75) is 0 Å². The van der Waals surface area contributed by atoms with E-state index in [4.69, 9.17) is 7.85 Å². The van der Waals surface area contributed by atoms with Crippen molar-refractivity contribution in [3.8, 4) is 0 Å². The van der Waals surface area contributed by atoms with E-state index in [1.54, 1.807) is 12.3 Å². The molecular weight excluding hydrogens is 86.9 g/mol. The third-order valence-corrected chi connectivity index (χ3v) is 0.607. The van der Waals surface area contributed by atoms with E-state index in [0.29, 0.717) is 5.46 Å². The maximum atomic E-state index is 5.26. The van der Waals surface area contributed by atoms with Gasteiger partial charge in [-0.2, -0.15) is 10.2 Å². The Balaban J connectivity index is 3.02. The molecule has 0 fully saturated rings. The molecule has 0 N–H and O–H groups in total. The molecule has 7 heavy (non-hydrogen) atoms. The fourth-order valence-electron chi connectivity index (χ4n) is 0.301. The Bertz CT molecular complexity index is 140. The normalized spacial score (nSPS) is 8.57. The van der Waals surface area contributed by atoms with Crippen LogP contribution in [0.2, 0.25) is 0 Å². The average Bonchev–Trinajstić information content (AvgIpc) is 1.69. The molecule has 0 amide bonds. The van der Waals surface area contributed by atoms with Gasteiger partial charge in [0.1, 0.15) is 7.85 Å². The standard InChI is InChI=1S/C4H3BN2/c5-4-1-2-6-7-3-4/h1-3H. The monoisotopic (exact) mass is 90.0 g/mol. The Kier molecular flexibility index (Phi) is 1.07. The van der Waals surface area contributed by atoms with Crippen molar-refractivity contribution in [2.75, 3.05) is 0 Å². The maximum Gasteiger partial charge on any atom is 0.116 e. The number of hydrogen-bond donors (Lipinski definition) is 0. The molecule has 0 saturated carbocycles. The van der Waals surface area contributed by atoms with E-state index >= 15 is 0 Å². The van der Waals surface area contributed by atoms with E-state index in [1.807, 2.05) is 0 Å². The molecule has 0 bridgehead atoms. The van der Waals surface area contributed by atoms with Crippen molar-refractivity contribution >= 4 is 13.3 Å². The van der Waals surface area contributed by atoms with Gasteiger partial charge in [0.25, 0.3) is 0 Å². The highest BCUT2D eigenvalue weighted by Crippen LogP contribution is 1.63. The van der Waals surface area contributed by atoms with Crippen molar-refractivity contribution in [3.05, 3.63) is 18.5 Å². The molecule has 1 aromatic rings. The molecule has 2 nitrogen and oxygen atoms in total. The molecule has 3 heteroatoms. The van der Waals surface area contributed by atoms with Gasteiger partial charge in [-0.15, -0.1) is 0 Å². The van der Waals surface area contributed by atoms with Gasteiger partial charge in [0.2, 0.25) is 0 Å². The predicted octanol–water partition coefficient (Wildman–Crippen LogP) is -0.730. The highest BCUT2D eigenvalue weighted by Gasteiger charge is 1.74. The molecule has 0 aromatic carbocycles. The summed E-state index contributed by atoms with van der Waals surface area (Å²) in [4.78, 5) is 0. The fourth-order valence-corrected chi connectivity index (χ4v) is 0.301. The Hall–Kier alpha value is -0.855. The SMILES string of the molecule is [B]c1ccnnc1. The smallest absolute Gasteiger partial charge is 0.116 e. The van der Waals surface area contributed by atoms with Crippen molar-refractivity contribution in [3.63, 3.8) is 0 Å². The molecular formula is C4H3BN2. The van der Waals surface area contributed by atoms with E-state index in [9.17, 15) is 0 Å². The summed E-state index contributed by atoms with van der Waals surface area (Å²) in [6, 6.07) is 1.69. The van der Waals surface area contributed by atoms with Crippen LogP contribution >= 0.6 is 0 Å². The fraction of sp³-hybridized carbons (Fsp3) is 0. The zero-order chi connectivity index (χ0) is 5.11. The van der Waals surface area contributed by atoms with E-state index in [1.165, 1.54) is 6.20 Å². The molecule has 1 rings (SSSR count). The third-order valence-electron chi connectivity index (χ3n) is 0.607. The van der Waals surface area contributed by atoms with Crippen LogP contribution in [-0.2, 0) is 0 Å². The molecule has 32 valence electrons. The molecule has 2 radical (unpaired) electrons. The van der Waals surface area contributed by atoms with Crippen molar-refractivity contribution < 1.29 is 0 Å². The zero-order valence-electron chi connectivity index (χ0n) is 3.70. The predicted molar refractivity (Wildman–Crippen MR) is 27.4 cm³/mol. The number of rotatable bonds is 0. The van der Waals surface area contributed by atoms with Crippen LogP contribution in [0, 0.1) is 0 Å². The first kappa shape index (κ1) is 4.31. The average molecular weight is 89.9 g/mol. The first-order valence-electron chi connectivity index (χ1n) is 1.92. The highest BCUT2D eigenvalue weighted by molar-refractivity contribution is 6.31. The van der Waals surface area contributed by atoms with Crippen LogP contribution in [0.1, 0.15) is 0 Å². The number of nitrogens with zero attached hydrogens (tertiary/aromatic N) is 2. The van der Waals surface area contributed by atoms with Crippen LogP contribution in [-0.4, -0.2) is 18.0 Å². The Morgan fingerprint density at radius 1 is 1.43 bits per heavy atom. The summed E-state index contributed by atoms with van der Waals surface area (Å²) in [6.45, 7) is 0. The zero-order valence-corrected chi connectivity index (χ0v) is 3.70. The van der Waals surface area contributed by atoms with Crippen molar-refractivity contribution in [2.24, 2.45) is 0 Å². The molecule has 0 atom stereocenters. The van der Waals surface area contributed by atoms with Gasteiger partial charge in [-0.1, -0.05) is 5.46 Å². The number of aromatic nitrogens is 2. The lowest BCUT2D eigenvalue weighted by molar-refractivity contribution is 1.04. The molecule has 1 heterocycles. The van der Waals surface area contributed by atoms with Gasteiger partial charge in [-0.05, 0) is 6.07 Å². The Labute approximate surface area is 43.0 Å². The summed E-state index contributed by atoms with van der Waals surface area (Å²) in [5, 5.41) is 7.02. The van der Waals surface area contributed by atoms with Crippen LogP contribution < -0.4 is 5.46 Å². The lowest BCUT2D eigenvalue weighted by Gasteiger charge is -1.81. The molecule has 1 aromatic heterocycles. The second kappa shape index (κ2) is 1.73. The largest absolute Gasteiger partial charge is 0.160 e. The van der Waals surface area contributed by atoms with Crippen molar-refractivity contribution in [1.29, 1.82) is 0 Å². The number of hydrogen-bond acceptors (Lipinski definition) is 2. The molecule has 0 aliphatic rings. The first-order chi connectivity index (χ1) is 3.39. The minimum atomic E-state index is 0.648. The first-order valence-corrected chi connectivity index (χ1v) is 1.92. The highest BCUT2D eigenvalue weighted by atomic mass is 15.1. The van der Waals surface area contributed by atoms with Crippen LogP contribution in [0.4, 0.5) is 0 Å². The summed E-state index contributed by atoms with van der Waals surface area (Å²) < 4.78 is 0. The summed E-state index contributed by atoms with van der Waals surface area (Å²) in [5.41, 5.74) is 0.648. The second-order valence-electron chi connectivity index (χ2n) is 1.18. The summed E-state index contributed by atoms with van der Waals surface area (Å²) in [5.74, 6) is 0. The van der Waals surface area contributed by atoms with Crippen LogP contribution in [0.15, 0.2) is 18.5 Å². The van der Waals surface area contributed by atoms with Gasteiger partial charge in [0.05, 0.1) is 0 Å². The quantitative estimate of drug-likeness (QED) is 0.392. The lowest BCUT2D eigenvalue weighted by atomic mass is 10.0. The molecule has 0 unspecified atom stereocenters. The summed E-state index contributed by atoms with van der Waals surface area (Å²) in [7, 11) is 5.26. The molecule has 0 spiro atoms. The molecule has 0 aliphatic carbocycles. The van der Waals surface area contributed by atoms with E-state index in [2.05, 4.69) is 10.2 Å². The van der Waals surface area contributed by atoms with Gasteiger partial charge < -0.3 is 0 Å². The minimum absolute atomic E-state index is 0.648. The minimum Gasteiger partial charge on any atom is -0.160 e. The van der Waals surface area contributed by atoms with Crippen LogP contribution in [0.3, 0.4) is 0 Å². The maximum absolute atomic E-state index is 5.26. The second-order valence-corrected chi connectivity index (χ2v) is 1.18. The van der Waals surface area contributed by atoms with Gasteiger partial charge in [-0.25, -0.2) is 0 Å².